The molecule has 2 unspecified atom stereocenters. The van der Waals surface area contributed by atoms with Crippen molar-refractivity contribution in [2.24, 2.45) is 11.7 Å². The topological polar surface area (TPSA) is 52.3 Å². The fraction of sp³-hybridized carbons (Fsp3) is 0.611. The van der Waals surface area contributed by atoms with Gasteiger partial charge in [0.15, 0.2) is 0 Å². The van der Waals surface area contributed by atoms with Crippen LogP contribution in [-0.4, -0.2) is 13.1 Å². The van der Waals surface area contributed by atoms with Crippen LogP contribution >= 0.6 is 0 Å². The quantitative estimate of drug-likeness (QED) is 0.773. The number of carbonyl (C=O) groups is 1. The SMILES string of the molecule is CCC(C)(C)c1ccc(C(N)CC(C)CC(=O)OC)cc1. The predicted octanol–water partition coefficient (Wildman–Crippen LogP) is 3.96. The molecule has 1 aromatic rings. The maximum absolute atomic E-state index is 11.3. The van der Waals surface area contributed by atoms with Crippen molar-refractivity contribution in [3.63, 3.8) is 0 Å². The van der Waals surface area contributed by atoms with Crippen molar-refractivity contribution in [2.45, 2.75) is 58.4 Å². The second kappa shape index (κ2) is 7.60. The normalized spacial score (nSPS) is 14.6. The van der Waals surface area contributed by atoms with Gasteiger partial charge >= 0.3 is 5.97 Å². The van der Waals surface area contributed by atoms with Gasteiger partial charge in [-0.05, 0) is 35.3 Å². The molecule has 3 heteroatoms. The highest BCUT2D eigenvalue weighted by atomic mass is 16.5. The van der Waals surface area contributed by atoms with E-state index in [0.717, 1.165) is 18.4 Å². The molecular formula is C18H29NO2. The fourth-order valence-electron chi connectivity index (χ4n) is 2.41. The molecule has 0 radical (unpaired) electrons. The van der Waals surface area contributed by atoms with Gasteiger partial charge in [-0.3, -0.25) is 4.79 Å². The maximum atomic E-state index is 11.3. The first-order valence-electron chi connectivity index (χ1n) is 7.73. The molecule has 0 fully saturated rings. The van der Waals surface area contributed by atoms with Gasteiger partial charge < -0.3 is 10.5 Å². The first kappa shape index (κ1) is 17.7. The molecule has 1 rings (SSSR count). The van der Waals surface area contributed by atoms with E-state index in [1.54, 1.807) is 0 Å². The van der Waals surface area contributed by atoms with Crippen LogP contribution in [0.15, 0.2) is 24.3 Å². The average Bonchev–Trinajstić information content (AvgIpc) is 2.46. The van der Waals surface area contributed by atoms with Gasteiger partial charge in [0.1, 0.15) is 0 Å². The number of nitrogens with two attached hydrogens (primary N) is 1. The first-order chi connectivity index (χ1) is 9.80. The summed E-state index contributed by atoms with van der Waals surface area (Å²) >= 11 is 0. The van der Waals surface area contributed by atoms with Crippen molar-refractivity contribution in [3.05, 3.63) is 35.4 Å². The lowest BCUT2D eigenvalue weighted by atomic mass is 9.81. The van der Waals surface area contributed by atoms with Crippen LogP contribution in [-0.2, 0) is 14.9 Å². The molecule has 0 aliphatic rings. The van der Waals surface area contributed by atoms with Gasteiger partial charge in [0.05, 0.1) is 7.11 Å². The van der Waals surface area contributed by atoms with Crippen LogP contribution in [0.5, 0.6) is 0 Å². The number of carbonyl (C=O) groups excluding carboxylic acids is 1. The first-order valence-corrected chi connectivity index (χ1v) is 7.73. The number of rotatable bonds is 7. The van der Waals surface area contributed by atoms with Crippen molar-refractivity contribution in [2.75, 3.05) is 7.11 Å². The molecule has 0 saturated heterocycles. The van der Waals surface area contributed by atoms with E-state index >= 15 is 0 Å². The lowest BCUT2D eigenvalue weighted by Gasteiger charge is -2.24. The van der Waals surface area contributed by atoms with Gasteiger partial charge in [-0.15, -0.1) is 0 Å². The molecule has 2 N–H and O–H groups in total. The Morgan fingerprint density at radius 2 is 1.86 bits per heavy atom. The van der Waals surface area contributed by atoms with Crippen LogP contribution in [0.4, 0.5) is 0 Å². The average molecular weight is 291 g/mol. The van der Waals surface area contributed by atoms with E-state index in [-0.39, 0.29) is 23.3 Å². The zero-order valence-corrected chi connectivity index (χ0v) is 14.0. The van der Waals surface area contributed by atoms with Crippen molar-refractivity contribution in [1.29, 1.82) is 0 Å². The summed E-state index contributed by atoms with van der Waals surface area (Å²) in [6, 6.07) is 8.53. The second-order valence-corrected chi connectivity index (χ2v) is 6.59. The molecule has 0 heterocycles. The predicted molar refractivity (Wildman–Crippen MR) is 87.1 cm³/mol. The monoisotopic (exact) mass is 291 g/mol. The Hall–Kier alpha value is -1.35. The van der Waals surface area contributed by atoms with Crippen LogP contribution in [0.3, 0.4) is 0 Å². The van der Waals surface area contributed by atoms with E-state index in [2.05, 4.69) is 45.0 Å². The standard InChI is InChI=1S/C18H29NO2/c1-6-18(3,4)15-9-7-14(8-10-15)16(19)11-13(2)12-17(20)21-5/h7-10,13,16H,6,11-12,19H2,1-5H3. The third-order valence-electron chi connectivity index (χ3n) is 4.40. The zero-order valence-electron chi connectivity index (χ0n) is 14.0. The minimum atomic E-state index is -0.172. The maximum Gasteiger partial charge on any atom is 0.305 e. The highest BCUT2D eigenvalue weighted by Gasteiger charge is 2.19. The summed E-state index contributed by atoms with van der Waals surface area (Å²) in [5.41, 5.74) is 8.91. The van der Waals surface area contributed by atoms with Crippen molar-refractivity contribution in [3.8, 4) is 0 Å². The van der Waals surface area contributed by atoms with E-state index in [4.69, 9.17) is 10.5 Å². The third-order valence-corrected chi connectivity index (χ3v) is 4.40. The number of hydrogen-bond acceptors (Lipinski definition) is 3. The summed E-state index contributed by atoms with van der Waals surface area (Å²) in [5, 5.41) is 0. The van der Waals surface area contributed by atoms with Gasteiger partial charge in [0.25, 0.3) is 0 Å². The summed E-state index contributed by atoms with van der Waals surface area (Å²) < 4.78 is 4.69. The van der Waals surface area contributed by atoms with E-state index in [0.29, 0.717) is 6.42 Å². The molecule has 2 atom stereocenters. The van der Waals surface area contributed by atoms with Gasteiger partial charge in [-0.2, -0.15) is 0 Å². The van der Waals surface area contributed by atoms with Crippen molar-refractivity contribution < 1.29 is 9.53 Å². The van der Waals surface area contributed by atoms with Gasteiger partial charge in [0.2, 0.25) is 0 Å². The second-order valence-electron chi connectivity index (χ2n) is 6.59. The molecule has 0 spiro atoms. The van der Waals surface area contributed by atoms with Crippen molar-refractivity contribution in [1.82, 2.24) is 0 Å². The minimum Gasteiger partial charge on any atom is -0.469 e. The molecule has 118 valence electrons. The van der Waals surface area contributed by atoms with E-state index in [1.165, 1.54) is 12.7 Å². The lowest BCUT2D eigenvalue weighted by Crippen LogP contribution is -2.18. The summed E-state index contributed by atoms with van der Waals surface area (Å²) in [4.78, 5) is 11.3. The molecular weight excluding hydrogens is 262 g/mol. The number of esters is 1. The van der Waals surface area contributed by atoms with Crippen LogP contribution in [0, 0.1) is 5.92 Å². The molecule has 0 saturated carbocycles. The summed E-state index contributed by atoms with van der Waals surface area (Å²) in [6.07, 6.45) is 2.31. The van der Waals surface area contributed by atoms with Crippen LogP contribution in [0.1, 0.15) is 64.1 Å². The van der Waals surface area contributed by atoms with Crippen LogP contribution < -0.4 is 5.73 Å². The molecule has 3 nitrogen and oxygen atoms in total. The van der Waals surface area contributed by atoms with Crippen LogP contribution in [0.2, 0.25) is 0 Å². The summed E-state index contributed by atoms with van der Waals surface area (Å²) in [6.45, 7) is 8.74. The molecule has 21 heavy (non-hydrogen) atoms. The van der Waals surface area contributed by atoms with E-state index < -0.39 is 0 Å². The fourth-order valence-corrected chi connectivity index (χ4v) is 2.41. The summed E-state index contributed by atoms with van der Waals surface area (Å²) in [5.74, 6) is 0.0500. The molecule has 0 aliphatic heterocycles. The number of ether oxygens (including phenoxy) is 1. The smallest absolute Gasteiger partial charge is 0.305 e. The highest BCUT2D eigenvalue weighted by molar-refractivity contribution is 5.69. The molecule has 0 amide bonds. The largest absolute Gasteiger partial charge is 0.469 e. The Bertz CT molecular complexity index is 451. The Kier molecular flexibility index (Phi) is 6.41. The molecule has 0 aromatic heterocycles. The van der Waals surface area contributed by atoms with E-state index in [1.807, 2.05) is 6.92 Å². The summed E-state index contributed by atoms with van der Waals surface area (Å²) in [7, 11) is 1.42. The number of benzene rings is 1. The third kappa shape index (κ3) is 5.16. The number of hydrogen-bond donors (Lipinski definition) is 1. The minimum absolute atomic E-state index is 0.0385. The highest BCUT2D eigenvalue weighted by Crippen LogP contribution is 2.28. The Morgan fingerprint density at radius 3 is 2.33 bits per heavy atom. The zero-order chi connectivity index (χ0) is 16.0. The lowest BCUT2D eigenvalue weighted by molar-refractivity contribution is -0.141. The van der Waals surface area contributed by atoms with E-state index in [9.17, 15) is 4.79 Å². The molecule has 0 bridgehead atoms. The van der Waals surface area contributed by atoms with Gasteiger partial charge in [-0.1, -0.05) is 52.0 Å². The molecule has 0 aliphatic carbocycles. The van der Waals surface area contributed by atoms with Crippen molar-refractivity contribution >= 4 is 5.97 Å². The Balaban J connectivity index is 2.67. The van der Waals surface area contributed by atoms with Gasteiger partial charge in [-0.25, -0.2) is 0 Å². The Morgan fingerprint density at radius 1 is 1.29 bits per heavy atom. The Labute approximate surface area is 128 Å². The number of methoxy groups -OCH3 is 1. The molecule has 1 aromatic carbocycles. The van der Waals surface area contributed by atoms with Crippen LogP contribution in [0.25, 0.3) is 0 Å². The van der Waals surface area contributed by atoms with Gasteiger partial charge in [0, 0.05) is 12.5 Å².